The minimum absolute atomic E-state index is 0.126. The molecule has 0 aromatic heterocycles. The fraction of sp³-hybridized carbons (Fsp3) is 0.780. The molecule has 6 unspecified atom stereocenters. The third-order valence-corrected chi connectivity index (χ3v) is 10.7. The van der Waals surface area contributed by atoms with Gasteiger partial charge in [-0.25, -0.2) is 0 Å². The number of unbranched alkanes of at least 4 members (excludes halogenated alkanes) is 19. The molecule has 9 nitrogen and oxygen atoms in total. The van der Waals surface area contributed by atoms with Gasteiger partial charge in [0.15, 0.2) is 6.29 Å². The summed E-state index contributed by atoms with van der Waals surface area (Å²) >= 11 is 0. The number of aliphatic hydroxyl groups is 4. The quantitative estimate of drug-likeness (QED) is 0.0270. The molecule has 0 radical (unpaired) electrons. The lowest BCUT2D eigenvalue weighted by Gasteiger charge is -2.39. The van der Waals surface area contributed by atoms with Crippen LogP contribution in [0.15, 0.2) is 60.8 Å². The van der Waals surface area contributed by atoms with Gasteiger partial charge in [0.05, 0.1) is 19.8 Å². The summed E-state index contributed by atoms with van der Waals surface area (Å²) in [6.07, 6.45) is 45.3. The Bertz CT molecular complexity index is 1080. The normalized spacial score (nSPS) is 20.7. The molecule has 1 aliphatic heterocycles. The number of carbonyl (C=O) groups is 1. The molecule has 0 spiro atoms. The zero-order valence-corrected chi connectivity index (χ0v) is 37.5. The second kappa shape index (κ2) is 41.3. The highest BCUT2D eigenvalue weighted by Crippen LogP contribution is 2.22. The summed E-state index contributed by atoms with van der Waals surface area (Å²) in [6.45, 7) is 4.46. The van der Waals surface area contributed by atoms with Crippen LogP contribution in [0.25, 0.3) is 0 Å². The van der Waals surface area contributed by atoms with E-state index in [2.05, 4.69) is 74.6 Å². The van der Waals surface area contributed by atoms with Crippen molar-refractivity contribution in [3.05, 3.63) is 60.8 Å². The summed E-state index contributed by atoms with van der Waals surface area (Å²) in [4.78, 5) is 12.8. The van der Waals surface area contributed by atoms with E-state index in [0.29, 0.717) is 13.0 Å². The van der Waals surface area contributed by atoms with E-state index in [4.69, 9.17) is 18.9 Å². The van der Waals surface area contributed by atoms with Crippen molar-refractivity contribution in [2.24, 2.45) is 0 Å². The van der Waals surface area contributed by atoms with Gasteiger partial charge in [-0.05, 0) is 77.0 Å². The maximum atomic E-state index is 12.8. The van der Waals surface area contributed by atoms with Crippen molar-refractivity contribution >= 4 is 5.97 Å². The SMILES string of the molecule is CCCC/C=C\C/C=C\CCCCCCCC(=O)OC(COCCCCCCCCC/C=C\C/C=C\C/C=C\CCCCCCC)COC1OC(CO)C(O)C(O)C1O. The number of allylic oxidation sites excluding steroid dienone is 10. The largest absolute Gasteiger partial charge is 0.457 e. The Kier molecular flexibility index (Phi) is 38.4. The van der Waals surface area contributed by atoms with Gasteiger partial charge in [-0.1, -0.05) is 164 Å². The monoisotopic (exact) mass is 833 g/mol. The van der Waals surface area contributed by atoms with Crippen LogP contribution in [0.4, 0.5) is 0 Å². The Hall–Kier alpha value is -2.11. The number of carbonyl (C=O) groups excluding carboxylic acids is 1. The van der Waals surface area contributed by atoms with Gasteiger partial charge in [0.2, 0.25) is 0 Å². The number of hydrogen-bond donors (Lipinski definition) is 4. The van der Waals surface area contributed by atoms with Crippen molar-refractivity contribution in [3.8, 4) is 0 Å². The minimum Gasteiger partial charge on any atom is -0.457 e. The maximum absolute atomic E-state index is 12.8. The van der Waals surface area contributed by atoms with Crippen molar-refractivity contribution in [2.75, 3.05) is 26.4 Å². The summed E-state index contributed by atoms with van der Waals surface area (Å²) in [5.74, 6) is -0.333. The van der Waals surface area contributed by atoms with E-state index in [1.54, 1.807) is 0 Å². The number of ether oxygens (including phenoxy) is 4. The molecule has 1 aliphatic rings. The lowest BCUT2D eigenvalue weighted by atomic mass is 9.99. The first-order valence-electron chi connectivity index (χ1n) is 23.9. The number of esters is 1. The molecule has 0 bridgehead atoms. The molecular formula is C50H88O9. The standard InChI is InChI=1S/C50H88O9/c1-3-5-7-9-11-13-15-17-19-20-21-22-23-24-25-26-28-30-32-34-36-38-40-56-42-44(43-57-50-49(55)48(54)47(53)45(41-51)59-50)58-46(52)39-37-35-33-31-29-27-18-16-14-12-10-8-6-4-2/h10,12,15-18,20-21,23-24,44-45,47-51,53-55H,3-9,11,13-14,19,22,25-43H2,1-2H3/b12-10-,17-15-,18-16-,21-20-,24-23-. The van der Waals surface area contributed by atoms with Crippen LogP contribution < -0.4 is 0 Å². The summed E-state index contributed by atoms with van der Waals surface area (Å²) in [6, 6.07) is 0. The Morgan fingerprint density at radius 1 is 0.542 bits per heavy atom. The molecule has 0 aliphatic carbocycles. The minimum atomic E-state index is -1.54. The highest BCUT2D eigenvalue weighted by molar-refractivity contribution is 5.69. The lowest BCUT2D eigenvalue weighted by Crippen LogP contribution is -2.59. The maximum Gasteiger partial charge on any atom is 0.306 e. The molecule has 59 heavy (non-hydrogen) atoms. The molecule has 1 rings (SSSR count). The molecule has 1 heterocycles. The summed E-state index contributed by atoms with van der Waals surface area (Å²) in [5.41, 5.74) is 0. The molecule has 342 valence electrons. The smallest absolute Gasteiger partial charge is 0.306 e. The van der Waals surface area contributed by atoms with Crippen LogP contribution in [0, 0.1) is 0 Å². The van der Waals surface area contributed by atoms with Crippen LogP contribution in [0.2, 0.25) is 0 Å². The summed E-state index contributed by atoms with van der Waals surface area (Å²) < 4.78 is 22.8. The van der Waals surface area contributed by atoms with Crippen molar-refractivity contribution in [1.29, 1.82) is 0 Å². The van der Waals surface area contributed by atoms with Crippen LogP contribution in [0.5, 0.6) is 0 Å². The molecule has 0 aromatic carbocycles. The Morgan fingerprint density at radius 3 is 1.53 bits per heavy atom. The Balaban J connectivity index is 2.25. The molecule has 4 N–H and O–H groups in total. The molecule has 1 saturated heterocycles. The van der Waals surface area contributed by atoms with Gasteiger partial charge in [-0.15, -0.1) is 0 Å². The first-order chi connectivity index (χ1) is 28.9. The summed E-state index contributed by atoms with van der Waals surface area (Å²) in [7, 11) is 0. The van der Waals surface area contributed by atoms with E-state index in [1.165, 1.54) is 83.5 Å². The fourth-order valence-corrected chi connectivity index (χ4v) is 6.87. The van der Waals surface area contributed by atoms with Gasteiger partial charge in [0.1, 0.15) is 30.5 Å². The molecular weight excluding hydrogens is 745 g/mol. The third kappa shape index (κ3) is 32.3. The molecule has 1 fully saturated rings. The average Bonchev–Trinajstić information content (AvgIpc) is 3.24. The third-order valence-electron chi connectivity index (χ3n) is 10.7. The number of hydrogen-bond acceptors (Lipinski definition) is 9. The van der Waals surface area contributed by atoms with Gasteiger partial charge in [-0.3, -0.25) is 4.79 Å². The molecule has 0 aromatic rings. The van der Waals surface area contributed by atoms with Crippen molar-refractivity contribution in [1.82, 2.24) is 0 Å². The average molecular weight is 833 g/mol. The second-order valence-corrected chi connectivity index (χ2v) is 16.2. The summed E-state index contributed by atoms with van der Waals surface area (Å²) in [5, 5.41) is 40.1. The zero-order valence-electron chi connectivity index (χ0n) is 37.5. The van der Waals surface area contributed by atoms with Crippen LogP contribution >= 0.6 is 0 Å². The van der Waals surface area contributed by atoms with Crippen LogP contribution in [-0.4, -0.2) is 89.6 Å². The second-order valence-electron chi connectivity index (χ2n) is 16.2. The lowest BCUT2D eigenvalue weighted by molar-refractivity contribution is -0.305. The zero-order chi connectivity index (χ0) is 42.9. The molecule has 0 saturated carbocycles. The van der Waals surface area contributed by atoms with E-state index in [9.17, 15) is 25.2 Å². The van der Waals surface area contributed by atoms with E-state index in [-0.39, 0.29) is 19.2 Å². The van der Waals surface area contributed by atoms with E-state index in [0.717, 1.165) is 83.5 Å². The number of aliphatic hydroxyl groups excluding tert-OH is 4. The van der Waals surface area contributed by atoms with Gasteiger partial charge >= 0.3 is 5.97 Å². The Morgan fingerprint density at radius 2 is 1.00 bits per heavy atom. The van der Waals surface area contributed by atoms with Crippen LogP contribution in [-0.2, 0) is 23.7 Å². The van der Waals surface area contributed by atoms with Crippen molar-refractivity contribution in [2.45, 2.75) is 224 Å². The van der Waals surface area contributed by atoms with Gasteiger partial charge < -0.3 is 39.4 Å². The molecule has 0 amide bonds. The first-order valence-corrected chi connectivity index (χ1v) is 23.9. The topological polar surface area (TPSA) is 135 Å². The highest BCUT2D eigenvalue weighted by Gasteiger charge is 2.44. The fourth-order valence-electron chi connectivity index (χ4n) is 6.87. The van der Waals surface area contributed by atoms with E-state index in [1.807, 2.05) is 0 Å². The van der Waals surface area contributed by atoms with Gasteiger partial charge in [0, 0.05) is 13.0 Å². The van der Waals surface area contributed by atoms with Crippen LogP contribution in [0.3, 0.4) is 0 Å². The number of rotatable bonds is 40. The molecule has 6 atom stereocenters. The first kappa shape index (κ1) is 54.9. The predicted octanol–water partition coefficient (Wildman–Crippen LogP) is 11.1. The van der Waals surface area contributed by atoms with Gasteiger partial charge in [-0.2, -0.15) is 0 Å². The van der Waals surface area contributed by atoms with Gasteiger partial charge in [0.25, 0.3) is 0 Å². The molecule has 9 heteroatoms. The van der Waals surface area contributed by atoms with Crippen molar-refractivity contribution < 1.29 is 44.2 Å². The van der Waals surface area contributed by atoms with E-state index < -0.39 is 43.4 Å². The Labute approximate surface area is 360 Å². The van der Waals surface area contributed by atoms with E-state index >= 15 is 0 Å². The predicted molar refractivity (Wildman–Crippen MR) is 242 cm³/mol. The highest BCUT2D eigenvalue weighted by atomic mass is 16.7. The van der Waals surface area contributed by atoms with Crippen LogP contribution in [0.1, 0.15) is 187 Å². The van der Waals surface area contributed by atoms with Crippen molar-refractivity contribution in [3.63, 3.8) is 0 Å².